The number of aryl methyl sites for hydroxylation is 1. The number of benzene rings is 1. The first kappa shape index (κ1) is 13.9. The van der Waals surface area contributed by atoms with Crippen LogP contribution in [0.3, 0.4) is 0 Å². The van der Waals surface area contributed by atoms with Gasteiger partial charge in [0.25, 0.3) is 0 Å². The van der Waals surface area contributed by atoms with Crippen molar-refractivity contribution in [1.29, 1.82) is 0 Å². The van der Waals surface area contributed by atoms with Crippen molar-refractivity contribution in [3.63, 3.8) is 0 Å². The molecule has 2 rings (SSSR count). The summed E-state index contributed by atoms with van der Waals surface area (Å²) in [6.07, 6.45) is 0. The third kappa shape index (κ3) is 2.91. The van der Waals surface area contributed by atoms with E-state index in [1.165, 1.54) is 0 Å². The van der Waals surface area contributed by atoms with Crippen LogP contribution in [-0.2, 0) is 4.74 Å². The fourth-order valence-corrected chi connectivity index (χ4v) is 1.84. The fourth-order valence-electron chi connectivity index (χ4n) is 1.54. The Morgan fingerprint density at radius 2 is 2.11 bits per heavy atom. The van der Waals surface area contributed by atoms with Gasteiger partial charge in [-0.2, -0.15) is 0 Å². The van der Waals surface area contributed by atoms with Crippen LogP contribution in [0, 0.1) is 6.92 Å². The van der Waals surface area contributed by atoms with Gasteiger partial charge in [0.1, 0.15) is 5.76 Å². The maximum absolute atomic E-state index is 11.6. The Labute approximate surface area is 120 Å². The number of oxazole rings is 1. The lowest BCUT2D eigenvalue weighted by Crippen LogP contribution is -2.06. The highest BCUT2D eigenvalue weighted by molar-refractivity contribution is 6.42. The quantitative estimate of drug-likeness (QED) is 0.800. The standard InChI is InChI=1S/C13H11Cl2NO3/c1-3-18-13(17)11-7(2)19-12(16-11)8-4-5-9(14)10(15)6-8/h4-6H,3H2,1-2H3. The van der Waals surface area contributed by atoms with Gasteiger partial charge in [0.15, 0.2) is 5.69 Å². The average Bonchev–Trinajstić information content (AvgIpc) is 2.75. The summed E-state index contributed by atoms with van der Waals surface area (Å²) in [7, 11) is 0. The summed E-state index contributed by atoms with van der Waals surface area (Å²) >= 11 is 11.8. The Balaban J connectivity index is 2.38. The zero-order valence-electron chi connectivity index (χ0n) is 10.4. The highest BCUT2D eigenvalue weighted by Gasteiger charge is 2.19. The second kappa shape index (κ2) is 5.63. The van der Waals surface area contributed by atoms with E-state index in [0.29, 0.717) is 27.3 Å². The van der Waals surface area contributed by atoms with Gasteiger partial charge < -0.3 is 9.15 Å². The van der Waals surface area contributed by atoms with Crippen LogP contribution in [0.4, 0.5) is 0 Å². The largest absolute Gasteiger partial charge is 0.461 e. The molecular formula is C13H11Cl2NO3. The molecule has 0 aliphatic heterocycles. The molecule has 0 aliphatic carbocycles. The Morgan fingerprint density at radius 1 is 1.37 bits per heavy atom. The highest BCUT2D eigenvalue weighted by atomic mass is 35.5. The number of nitrogens with zero attached hydrogens (tertiary/aromatic N) is 1. The lowest BCUT2D eigenvalue weighted by molar-refractivity contribution is 0.0518. The molecule has 0 bridgehead atoms. The molecule has 0 amide bonds. The van der Waals surface area contributed by atoms with E-state index in [0.717, 1.165) is 0 Å². The Bertz CT molecular complexity index is 622. The van der Waals surface area contributed by atoms with Gasteiger partial charge in [-0.25, -0.2) is 9.78 Å². The smallest absolute Gasteiger partial charge is 0.360 e. The summed E-state index contributed by atoms with van der Waals surface area (Å²) in [6.45, 7) is 3.67. The van der Waals surface area contributed by atoms with Crippen molar-refractivity contribution in [3.8, 4) is 11.5 Å². The molecule has 0 fully saturated rings. The van der Waals surface area contributed by atoms with E-state index in [2.05, 4.69) is 4.98 Å². The van der Waals surface area contributed by atoms with Gasteiger partial charge in [0, 0.05) is 5.56 Å². The monoisotopic (exact) mass is 299 g/mol. The van der Waals surface area contributed by atoms with Gasteiger partial charge in [-0.1, -0.05) is 23.2 Å². The number of rotatable bonds is 3. The van der Waals surface area contributed by atoms with Crippen molar-refractivity contribution >= 4 is 29.2 Å². The Kier molecular flexibility index (Phi) is 4.12. The zero-order valence-corrected chi connectivity index (χ0v) is 11.9. The average molecular weight is 300 g/mol. The van der Waals surface area contributed by atoms with Crippen molar-refractivity contribution in [2.24, 2.45) is 0 Å². The maximum atomic E-state index is 11.6. The first-order valence-electron chi connectivity index (χ1n) is 5.63. The number of carbonyl (C=O) groups excluding carboxylic acids is 1. The second-order valence-corrected chi connectivity index (χ2v) is 4.59. The predicted molar refractivity (Wildman–Crippen MR) is 72.7 cm³/mol. The molecule has 1 aromatic carbocycles. The van der Waals surface area contributed by atoms with E-state index in [4.69, 9.17) is 32.4 Å². The van der Waals surface area contributed by atoms with E-state index >= 15 is 0 Å². The molecule has 0 aliphatic rings. The number of halogens is 2. The normalized spacial score (nSPS) is 10.5. The SMILES string of the molecule is CCOC(=O)c1nc(-c2ccc(Cl)c(Cl)c2)oc1C. The van der Waals surface area contributed by atoms with Crippen LogP contribution in [0.15, 0.2) is 22.6 Å². The molecular weight excluding hydrogens is 289 g/mol. The predicted octanol–water partition coefficient (Wildman–Crippen LogP) is 4.13. The Morgan fingerprint density at radius 3 is 2.74 bits per heavy atom. The summed E-state index contributed by atoms with van der Waals surface area (Å²) in [6, 6.07) is 4.99. The first-order chi connectivity index (χ1) is 9.02. The molecule has 0 spiro atoms. The molecule has 6 heteroatoms. The van der Waals surface area contributed by atoms with Gasteiger partial charge >= 0.3 is 5.97 Å². The maximum Gasteiger partial charge on any atom is 0.360 e. The summed E-state index contributed by atoms with van der Waals surface area (Å²) in [5, 5.41) is 0.840. The minimum atomic E-state index is -0.505. The Hall–Kier alpha value is -1.52. The van der Waals surface area contributed by atoms with E-state index < -0.39 is 5.97 Å². The molecule has 100 valence electrons. The van der Waals surface area contributed by atoms with Crippen LogP contribution in [0.1, 0.15) is 23.2 Å². The lowest BCUT2D eigenvalue weighted by atomic mass is 10.2. The first-order valence-corrected chi connectivity index (χ1v) is 6.38. The summed E-state index contributed by atoms with van der Waals surface area (Å²) < 4.78 is 10.3. The van der Waals surface area contributed by atoms with Crippen molar-refractivity contribution in [1.82, 2.24) is 4.98 Å². The number of ether oxygens (including phenoxy) is 1. The second-order valence-electron chi connectivity index (χ2n) is 3.77. The summed E-state index contributed by atoms with van der Waals surface area (Å²) in [4.78, 5) is 15.8. The number of aromatic nitrogens is 1. The van der Waals surface area contributed by atoms with E-state index in [1.54, 1.807) is 32.0 Å². The molecule has 1 aromatic heterocycles. The number of hydrogen-bond donors (Lipinski definition) is 0. The van der Waals surface area contributed by atoms with Gasteiger partial charge in [0.05, 0.1) is 16.7 Å². The zero-order chi connectivity index (χ0) is 14.0. The van der Waals surface area contributed by atoms with Crippen molar-refractivity contribution < 1.29 is 13.9 Å². The van der Waals surface area contributed by atoms with Crippen LogP contribution in [0.25, 0.3) is 11.5 Å². The van der Waals surface area contributed by atoms with Gasteiger partial charge in [-0.05, 0) is 32.0 Å². The van der Waals surface area contributed by atoms with Crippen molar-refractivity contribution in [2.75, 3.05) is 6.61 Å². The molecule has 0 radical (unpaired) electrons. The minimum absolute atomic E-state index is 0.169. The molecule has 0 atom stereocenters. The molecule has 0 unspecified atom stereocenters. The van der Waals surface area contributed by atoms with Crippen LogP contribution < -0.4 is 0 Å². The van der Waals surface area contributed by atoms with E-state index in [-0.39, 0.29) is 12.3 Å². The summed E-state index contributed by atoms with van der Waals surface area (Å²) in [5.41, 5.74) is 0.816. The molecule has 1 heterocycles. The van der Waals surface area contributed by atoms with Crippen molar-refractivity contribution in [2.45, 2.75) is 13.8 Å². The summed E-state index contributed by atoms with van der Waals surface area (Å²) in [5.74, 6) is 0.203. The van der Waals surface area contributed by atoms with Crippen molar-refractivity contribution in [3.05, 3.63) is 39.7 Å². The van der Waals surface area contributed by atoms with Gasteiger partial charge in [0.2, 0.25) is 5.89 Å². The van der Waals surface area contributed by atoms with Crippen LogP contribution in [0.5, 0.6) is 0 Å². The van der Waals surface area contributed by atoms with Crippen LogP contribution in [-0.4, -0.2) is 17.6 Å². The molecule has 0 N–H and O–H groups in total. The van der Waals surface area contributed by atoms with Gasteiger partial charge in [-0.15, -0.1) is 0 Å². The number of hydrogen-bond acceptors (Lipinski definition) is 4. The van der Waals surface area contributed by atoms with Gasteiger partial charge in [-0.3, -0.25) is 0 Å². The number of carbonyl (C=O) groups is 1. The minimum Gasteiger partial charge on any atom is -0.461 e. The number of esters is 1. The highest BCUT2D eigenvalue weighted by Crippen LogP contribution is 2.29. The topological polar surface area (TPSA) is 52.3 Å². The van der Waals surface area contributed by atoms with E-state index in [1.807, 2.05) is 0 Å². The molecule has 0 saturated carbocycles. The molecule has 0 saturated heterocycles. The molecule has 4 nitrogen and oxygen atoms in total. The van der Waals surface area contributed by atoms with E-state index in [9.17, 15) is 4.79 Å². The van der Waals surface area contributed by atoms with Crippen LogP contribution >= 0.6 is 23.2 Å². The van der Waals surface area contributed by atoms with Crippen LogP contribution in [0.2, 0.25) is 10.0 Å². The molecule has 19 heavy (non-hydrogen) atoms. The fraction of sp³-hybridized carbons (Fsp3) is 0.231. The lowest BCUT2D eigenvalue weighted by Gasteiger charge is -1.98. The molecule has 2 aromatic rings. The third-order valence-corrected chi connectivity index (χ3v) is 3.17. The third-order valence-electron chi connectivity index (χ3n) is 2.43.